The van der Waals surface area contributed by atoms with Crippen LogP contribution in [0.3, 0.4) is 0 Å². The fourth-order valence-corrected chi connectivity index (χ4v) is 5.61. The van der Waals surface area contributed by atoms with E-state index in [9.17, 15) is 0 Å². The summed E-state index contributed by atoms with van der Waals surface area (Å²) in [7, 11) is 0. The Morgan fingerprint density at radius 3 is 2.37 bits per heavy atom. The third kappa shape index (κ3) is 1.78. The predicted molar refractivity (Wildman–Crippen MR) is 124 cm³/mol. The highest BCUT2D eigenvalue weighted by Gasteiger charge is 2.41. The molecule has 2 heteroatoms. The molecule has 1 aliphatic carbocycles. The van der Waals surface area contributed by atoms with Crippen LogP contribution in [0, 0.1) is 0 Å². The summed E-state index contributed by atoms with van der Waals surface area (Å²) in [5, 5.41) is 4.01. The Balaban J connectivity index is 1.65. The second-order valence-electron chi connectivity index (χ2n) is 8.88. The summed E-state index contributed by atoms with van der Waals surface area (Å²) in [6.45, 7) is 4.68. The maximum Gasteiger partial charge on any atom is 0.0708 e. The molecule has 0 spiro atoms. The second kappa shape index (κ2) is 5.28. The molecule has 3 aromatic heterocycles. The number of hydrogen-bond acceptors (Lipinski definition) is 1. The van der Waals surface area contributed by atoms with E-state index in [4.69, 9.17) is 4.98 Å². The number of fused-ring (bicyclic) bond motifs is 8. The van der Waals surface area contributed by atoms with E-state index >= 15 is 0 Å². The van der Waals surface area contributed by atoms with Gasteiger partial charge in [-0.2, -0.15) is 0 Å². The number of hydrogen-bond donors (Lipinski definition) is 0. The highest BCUT2D eigenvalue weighted by molar-refractivity contribution is 6.19. The van der Waals surface area contributed by atoms with Crippen molar-refractivity contribution in [2.75, 3.05) is 0 Å². The van der Waals surface area contributed by atoms with Crippen molar-refractivity contribution >= 4 is 27.2 Å². The number of benzene rings is 3. The van der Waals surface area contributed by atoms with Crippen molar-refractivity contribution in [3.63, 3.8) is 0 Å². The summed E-state index contributed by atoms with van der Waals surface area (Å²) in [4.78, 5) is 4.86. The first-order valence-corrected chi connectivity index (χ1v) is 10.5. The van der Waals surface area contributed by atoms with Crippen molar-refractivity contribution in [1.82, 2.24) is 9.38 Å². The molecule has 6 aromatic rings. The Morgan fingerprint density at radius 2 is 1.50 bits per heavy atom. The monoisotopic (exact) mass is 384 g/mol. The predicted octanol–water partition coefficient (Wildman–Crippen LogP) is 7.05. The molecule has 142 valence electrons. The van der Waals surface area contributed by atoms with Crippen LogP contribution in [0.4, 0.5) is 0 Å². The normalized spacial score (nSPS) is 14.6. The van der Waals surface area contributed by atoms with Crippen molar-refractivity contribution < 1.29 is 0 Å². The fraction of sp³-hybridized carbons (Fsp3) is 0.107. The second-order valence-corrected chi connectivity index (χ2v) is 8.88. The molecule has 0 unspecified atom stereocenters. The molecule has 0 radical (unpaired) electrons. The minimum Gasteiger partial charge on any atom is -0.311 e. The van der Waals surface area contributed by atoms with Gasteiger partial charge < -0.3 is 4.40 Å². The summed E-state index contributed by atoms with van der Waals surface area (Å²) in [6.07, 6.45) is 2.10. The van der Waals surface area contributed by atoms with Crippen LogP contribution in [0.1, 0.15) is 25.1 Å². The topological polar surface area (TPSA) is 17.3 Å². The van der Waals surface area contributed by atoms with E-state index in [2.05, 4.69) is 103 Å². The van der Waals surface area contributed by atoms with Gasteiger partial charge in [0.25, 0.3) is 0 Å². The number of rotatable bonds is 1. The van der Waals surface area contributed by atoms with Crippen LogP contribution in [-0.2, 0) is 5.41 Å². The van der Waals surface area contributed by atoms with E-state index in [0.29, 0.717) is 0 Å². The molecule has 7 rings (SSSR count). The lowest BCUT2D eigenvalue weighted by Gasteiger charge is -2.21. The third-order valence-electron chi connectivity index (χ3n) is 6.93. The van der Waals surface area contributed by atoms with Crippen molar-refractivity contribution in [2.45, 2.75) is 19.3 Å². The average molecular weight is 384 g/mol. The Hall–Kier alpha value is -3.65. The first-order chi connectivity index (χ1) is 14.7. The van der Waals surface area contributed by atoms with Crippen LogP contribution in [-0.4, -0.2) is 9.38 Å². The molecule has 0 saturated carbocycles. The Bertz CT molecular complexity index is 1600. The van der Waals surface area contributed by atoms with E-state index in [1.807, 2.05) is 0 Å². The standard InChI is InChI=1S/C28H20N2/c1-28(2)22-16-29-23(17-9-4-3-5-10-17)15-21(22)25-20-13-8-12-19-18-11-6-7-14-24(18)30(26(19)20)27(25)28/h3-16H,1-2H3. The van der Waals surface area contributed by atoms with Gasteiger partial charge in [-0.1, -0.05) is 80.6 Å². The summed E-state index contributed by atoms with van der Waals surface area (Å²) >= 11 is 0. The zero-order valence-electron chi connectivity index (χ0n) is 17.0. The van der Waals surface area contributed by atoms with Crippen LogP contribution in [0.5, 0.6) is 0 Å². The highest BCUT2D eigenvalue weighted by atomic mass is 15.0. The highest BCUT2D eigenvalue weighted by Crippen LogP contribution is 2.54. The summed E-state index contributed by atoms with van der Waals surface area (Å²) in [5.74, 6) is 0. The molecular formula is C28H20N2. The first-order valence-electron chi connectivity index (χ1n) is 10.5. The maximum absolute atomic E-state index is 4.86. The van der Waals surface area contributed by atoms with Crippen LogP contribution >= 0.6 is 0 Å². The van der Waals surface area contributed by atoms with Gasteiger partial charge in [-0.3, -0.25) is 4.98 Å². The van der Waals surface area contributed by atoms with Crippen molar-refractivity contribution in [2.24, 2.45) is 0 Å². The Kier molecular flexibility index (Phi) is 2.85. The van der Waals surface area contributed by atoms with Crippen molar-refractivity contribution in [1.29, 1.82) is 0 Å². The van der Waals surface area contributed by atoms with Gasteiger partial charge >= 0.3 is 0 Å². The minimum absolute atomic E-state index is 0.110. The molecule has 3 aromatic carbocycles. The van der Waals surface area contributed by atoms with E-state index in [-0.39, 0.29) is 5.41 Å². The number of nitrogens with zero attached hydrogens (tertiary/aromatic N) is 2. The van der Waals surface area contributed by atoms with Crippen molar-refractivity contribution in [3.8, 4) is 22.4 Å². The van der Waals surface area contributed by atoms with Crippen LogP contribution in [0.2, 0.25) is 0 Å². The van der Waals surface area contributed by atoms with Gasteiger partial charge in [0.15, 0.2) is 0 Å². The van der Waals surface area contributed by atoms with E-state index in [1.165, 1.54) is 49.6 Å². The minimum atomic E-state index is -0.110. The molecule has 3 heterocycles. The van der Waals surface area contributed by atoms with E-state index < -0.39 is 0 Å². The largest absolute Gasteiger partial charge is 0.311 e. The molecular weight excluding hydrogens is 364 g/mol. The lowest BCUT2D eigenvalue weighted by atomic mass is 9.86. The fourth-order valence-electron chi connectivity index (χ4n) is 5.61. The van der Waals surface area contributed by atoms with E-state index in [0.717, 1.165) is 11.3 Å². The molecule has 0 fully saturated rings. The molecule has 0 aliphatic heterocycles. The van der Waals surface area contributed by atoms with Gasteiger partial charge in [-0.05, 0) is 23.3 Å². The molecule has 0 atom stereocenters. The zero-order valence-corrected chi connectivity index (χ0v) is 17.0. The molecule has 0 N–H and O–H groups in total. The Morgan fingerprint density at radius 1 is 0.767 bits per heavy atom. The lowest BCUT2D eigenvalue weighted by Crippen LogP contribution is -2.18. The molecule has 1 aliphatic rings. The van der Waals surface area contributed by atoms with Gasteiger partial charge in [-0.15, -0.1) is 0 Å². The van der Waals surface area contributed by atoms with Gasteiger partial charge in [0.1, 0.15) is 0 Å². The Labute approximate surface area is 174 Å². The SMILES string of the molecule is CC1(C)c2cnc(-c3ccccc3)cc2-c2c1n1c3ccccc3c3cccc2c31. The quantitative estimate of drug-likeness (QED) is 0.297. The van der Waals surface area contributed by atoms with Crippen LogP contribution in [0.25, 0.3) is 49.6 Å². The summed E-state index contributed by atoms with van der Waals surface area (Å²) in [6, 6.07) is 28.3. The smallest absolute Gasteiger partial charge is 0.0708 e. The molecule has 0 bridgehead atoms. The van der Waals surface area contributed by atoms with Crippen LogP contribution < -0.4 is 0 Å². The third-order valence-corrected chi connectivity index (χ3v) is 6.93. The molecule has 2 nitrogen and oxygen atoms in total. The molecule has 30 heavy (non-hydrogen) atoms. The van der Waals surface area contributed by atoms with Crippen LogP contribution in [0.15, 0.2) is 85.1 Å². The van der Waals surface area contributed by atoms with Gasteiger partial charge in [0, 0.05) is 44.6 Å². The van der Waals surface area contributed by atoms with Crippen molar-refractivity contribution in [3.05, 3.63) is 96.3 Å². The average Bonchev–Trinajstić information content (AvgIpc) is 3.38. The van der Waals surface area contributed by atoms with E-state index in [1.54, 1.807) is 0 Å². The van der Waals surface area contributed by atoms with Gasteiger partial charge in [0.05, 0.1) is 16.7 Å². The summed E-state index contributed by atoms with van der Waals surface area (Å²) < 4.78 is 2.51. The van der Waals surface area contributed by atoms with Gasteiger partial charge in [-0.25, -0.2) is 0 Å². The first kappa shape index (κ1) is 16.2. The van der Waals surface area contributed by atoms with Gasteiger partial charge in [0.2, 0.25) is 0 Å². The summed E-state index contributed by atoms with van der Waals surface area (Å²) in [5.41, 5.74) is 10.1. The maximum atomic E-state index is 4.86. The number of aromatic nitrogens is 2. The zero-order chi connectivity index (χ0) is 20.0. The number of para-hydroxylation sites is 2. The number of pyridine rings is 1. The molecule has 0 amide bonds. The molecule has 0 saturated heterocycles. The lowest BCUT2D eigenvalue weighted by molar-refractivity contribution is 0.631.